The lowest BCUT2D eigenvalue weighted by atomic mass is 9.89. The Hall–Kier alpha value is -6.49. The lowest BCUT2D eigenvalue weighted by molar-refractivity contribution is 1.08. The van der Waals surface area contributed by atoms with Crippen LogP contribution < -0.4 is 0 Å². The monoisotopic (exact) mass is 683 g/mol. The Balaban J connectivity index is 1.17. The number of thiophene rings is 1. The first-order valence-electron chi connectivity index (χ1n) is 17.4. The zero-order valence-electron chi connectivity index (χ0n) is 28.6. The topological polar surface area (TPSA) is 38.7 Å². The normalized spacial score (nSPS) is 11.2. The summed E-state index contributed by atoms with van der Waals surface area (Å²) in [6.07, 6.45) is 0. The molecule has 9 rings (SSSR count). The first kappa shape index (κ1) is 31.5. The van der Waals surface area contributed by atoms with E-state index >= 15 is 0 Å². The summed E-state index contributed by atoms with van der Waals surface area (Å²) in [6.45, 7) is 2.17. The van der Waals surface area contributed by atoms with Crippen molar-refractivity contribution in [3.05, 3.63) is 188 Å². The first-order valence-corrected chi connectivity index (χ1v) is 18.3. The van der Waals surface area contributed by atoms with Crippen LogP contribution >= 0.6 is 11.3 Å². The first-order chi connectivity index (χ1) is 25.7. The molecule has 52 heavy (non-hydrogen) atoms. The van der Waals surface area contributed by atoms with Crippen LogP contribution in [-0.4, -0.2) is 15.0 Å². The van der Waals surface area contributed by atoms with Gasteiger partial charge in [-0.3, -0.25) is 0 Å². The van der Waals surface area contributed by atoms with Crippen molar-refractivity contribution < 1.29 is 0 Å². The molecule has 4 heteroatoms. The highest BCUT2D eigenvalue weighted by Crippen LogP contribution is 2.39. The van der Waals surface area contributed by atoms with Gasteiger partial charge >= 0.3 is 0 Å². The number of fused-ring (bicyclic) bond motifs is 1. The third-order valence-electron chi connectivity index (χ3n) is 9.52. The van der Waals surface area contributed by atoms with Gasteiger partial charge in [0.05, 0.1) is 4.88 Å². The second-order valence-corrected chi connectivity index (χ2v) is 14.0. The molecule has 7 aromatic carbocycles. The maximum atomic E-state index is 5.16. The van der Waals surface area contributed by atoms with Gasteiger partial charge in [-0.25, -0.2) is 15.0 Å². The van der Waals surface area contributed by atoms with E-state index < -0.39 is 0 Å². The van der Waals surface area contributed by atoms with Gasteiger partial charge in [0.2, 0.25) is 0 Å². The van der Waals surface area contributed by atoms with E-state index in [1.165, 1.54) is 43.5 Å². The van der Waals surface area contributed by atoms with E-state index in [4.69, 9.17) is 15.0 Å². The van der Waals surface area contributed by atoms with Crippen molar-refractivity contribution >= 4 is 21.4 Å². The molecule has 2 heterocycles. The Morgan fingerprint density at radius 1 is 0.346 bits per heavy atom. The van der Waals surface area contributed by atoms with Crippen LogP contribution in [0, 0.1) is 6.92 Å². The quantitative estimate of drug-likeness (QED) is 0.168. The van der Waals surface area contributed by atoms with E-state index in [0.29, 0.717) is 17.5 Å². The van der Waals surface area contributed by atoms with Crippen LogP contribution in [-0.2, 0) is 0 Å². The van der Waals surface area contributed by atoms with Crippen molar-refractivity contribution in [2.45, 2.75) is 6.92 Å². The summed E-state index contributed by atoms with van der Waals surface area (Å²) in [5.41, 5.74) is 12.4. The van der Waals surface area contributed by atoms with E-state index in [-0.39, 0.29) is 0 Å². The standard InChI is InChI=1S/C48H33N3S/c1-32-29-38(26-27-39(32)36-25-28-41(34-17-7-3-8-18-34)43(30-36)35-19-9-4-10-20-35)46-49-47(42-23-13-12-22-40(42)33-15-5-2-6-16-33)51-48(50-46)45-31-37-21-11-14-24-44(37)52-45/h2-31H,1H3. The fourth-order valence-corrected chi connectivity index (χ4v) is 7.94. The van der Waals surface area contributed by atoms with Crippen LogP contribution in [0.1, 0.15) is 5.56 Å². The maximum Gasteiger partial charge on any atom is 0.174 e. The van der Waals surface area contributed by atoms with Crippen LogP contribution in [0.5, 0.6) is 0 Å². The smallest absolute Gasteiger partial charge is 0.174 e. The molecule has 0 bridgehead atoms. The summed E-state index contributed by atoms with van der Waals surface area (Å²) in [7, 11) is 0. The zero-order chi connectivity index (χ0) is 34.9. The second kappa shape index (κ2) is 13.7. The van der Waals surface area contributed by atoms with Gasteiger partial charge in [0.1, 0.15) is 0 Å². The molecule has 3 nitrogen and oxygen atoms in total. The Kier molecular flexibility index (Phi) is 8.28. The number of aryl methyl sites for hydroxylation is 1. The highest BCUT2D eigenvalue weighted by molar-refractivity contribution is 7.22. The number of nitrogens with zero attached hydrogens (tertiary/aromatic N) is 3. The minimum atomic E-state index is 0.652. The third kappa shape index (κ3) is 6.10. The lowest BCUT2D eigenvalue weighted by Crippen LogP contribution is -2.01. The predicted octanol–water partition coefficient (Wildman–Crippen LogP) is 13.1. The molecule has 246 valence electrons. The van der Waals surface area contributed by atoms with Crippen molar-refractivity contribution in [1.82, 2.24) is 15.0 Å². The van der Waals surface area contributed by atoms with Crippen molar-refractivity contribution in [2.24, 2.45) is 0 Å². The van der Waals surface area contributed by atoms with Gasteiger partial charge in [0.15, 0.2) is 17.5 Å². The third-order valence-corrected chi connectivity index (χ3v) is 10.6. The summed E-state index contributed by atoms with van der Waals surface area (Å²) in [4.78, 5) is 16.4. The van der Waals surface area contributed by atoms with Crippen molar-refractivity contribution in [1.29, 1.82) is 0 Å². The molecule has 0 radical (unpaired) electrons. The van der Waals surface area contributed by atoms with E-state index in [2.05, 4.69) is 183 Å². The van der Waals surface area contributed by atoms with Crippen molar-refractivity contribution in [3.8, 4) is 78.0 Å². The van der Waals surface area contributed by atoms with E-state index in [0.717, 1.165) is 32.7 Å². The summed E-state index contributed by atoms with van der Waals surface area (Å²) in [5.74, 6) is 1.98. The largest absolute Gasteiger partial charge is 0.208 e. The number of aromatic nitrogens is 3. The van der Waals surface area contributed by atoms with Gasteiger partial charge in [-0.1, -0.05) is 158 Å². The second-order valence-electron chi connectivity index (χ2n) is 12.9. The number of rotatable bonds is 7. The van der Waals surface area contributed by atoms with Crippen LogP contribution in [0.25, 0.3) is 88.1 Å². The summed E-state index contributed by atoms with van der Waals surface area (Å²) in [6, 6.07) is 64.0. The molecule has 2 aromatic heterocycles. The molecule has 0 saturated heterocycles. The fourth-order valence-electron chi connectivity index (χ4n) is 6.94. The minimum absolute atomic E-state index is 0.652. The van der Waals surface area contributed by atoms with Gasteiger partial charge in [0, 0.05) is 15.8 Å². The molecule has 0 spiro atoms. The molecular weight excluding hydrogens is 651 g/mol. The average Bonchev–Trinajstić information content (AvgIpc) is 3.66. The lowest BCUT2D eigenvalue weighted by Gasteiger charge is -2.15. The molecule has 0 N–H and O–H groups in total. The summed E-state index contributed by atoms with van der Waals surface area (Å²) in [5, 5.41) is 1.18. The van der Waals surface area contributed by atoms with Gasteiger partial charge in [0.25, 0.3) is 0 Å². The van der Waals surface area contributed by atoms with E-state index in [9.17, 15) is 0 Å². The molecular formula is C48H33N3S. The fraction of sp³-hybridized carbons (Fsp3) is 0.0208. The van der Waals surface area contributed by atoms with Gasteiger partial charge < -0.3 is 0 Å². The highest BCUT2D eigenvalue weighted by atomic mass is 32.1. The molecule has 9 aromatic rings. The molecule has 0 saturated carbocycles. The Morgan fingerprint density at radius 3 is 1.54 bits per heavy atom. The van der Waals surface area contributed by atoms with Crippen molar-refractivity contribution in [2.75, 3.05) is 0 Å². The molecule has 0 aliphatic rings. The Bertz CT molecular complexity index is 2650. The van der Waals surface area contributed by atoms with Gasteiger partial charge in [-0.15, -0.1) is 11.3 Å². The number of hydrogen-bond acceptors (Lipinski definition) is 4. The Labute approximate surface area is 307 Å². The molecule has 0 aliphatic carbocycles. The molecule has 0 unspecified atom stereocenters. The minimum Gasteiger partial charge on any atom is -0.208 e. The van der Waals surface area contributed by atoms with Crippen LogP contribution in [0.3, 0.4) is 0 Å². The SMILES string of the molecule is Cc1cc(-c2nc(-c3cc4ccccc4s3)nc(-c3ccccc3-c3ccccc3)n2)ccc1-c1ccc(-c2ccccc2)c(-c2ccccc2)c1. The zero-order valence-corrected chi connectivity index (χ0v) is 29.4. The predicted molar refractivity (Wildman–Crippen MR) is 218 cm³/mol. The van der Waals surface area contributed by atoms with Crippen molar-refractivity contribution in [3.63, 3.8) is 0 Å². The maximum absolute atomic E-state index is 5.16. The van der Waals surface area contributed by atoms with Gasteiger partial charge in [-0.2, -0.15) is 0 Å². The van der Waals surface area contributed by atoms with E-state index in [1.807, 2.05) is 6.07 Å². The number of benzene rings is 7. The highest BCUT2D eigenvalue weighted by Gasteiger charge is 2.18. The van der Waals surface area contributed by atoms with E-state index in [1.54, 1.807) is 11.3 Å². The summed E-state index contributed by atoms with van der Waals surface area (Å²) >= 11 is 1.71. The Morgan fingerprint density at radius 2 is 0.865 bits per heavy atom. The average molecular weight is 684 g/mol. The van der Waals surface area contributed by atoms with Crippen LogP contribution in [0.15, 0.2) is 182 Å². The summed E-state index contributed by atoms with van der Waals surface area (Å²) < 4.78 is 1.21. The molecule has 0 fully saturated rings. The van der Waals surface area contributed by atoms with Crippen LogP contribution in [0.4, 0.5) is 0 Å². The number of hydrogen-bond donors (Lipinski definition) is 0. The van der Waals surface area contributed by atoms with Gasteiger partial charge in [-0.05, 0) is 86.6 Å². The van der Waals surface area contributed by atoms with Crippen LogP contribution in [0.2, 0.25) is 0 Å². The molecule has 0 aliphatic heterocycles. The molecule has 0 atom stereocenters. The molecule has 0 amide bonds.